The summed E-state index contributed by atoms with van der Waals surface area (Å²) in [5.41, 5.74) is 10.7. The Morgan fingerprint density at radius 3 is 2.43 bits per heavy atom. The van der Waals surface area contributed by atoms with Crippen molar-refractivity contribution in [3.05, 3.63) is 0 Å². The maximum absolute atomic E-state index is 13.1. The number of likely N-dealkylation sites (tertiary alicyclic amines) is 1. The molecule has 4 amide bonds. The monoisotopic (exact) mass is 399 g/mol. The lowest BCUT2D eigenvalue weighted by Crippen LogP contribution is -2.58. The van der Waals surface area contributed by atoms with Gasteiger partial charge in [0.2, 0.25) is 23.6 Å². The maximum Gasteiger partial charge on any atom is 0.322 e. The largest absolute Gasteiger partial charge is 0.480 e. The number of rotatable bonds is 10. The van der Waals surface area contributed by atoms with Gasteiger partial charge in [-0.15, -0.1) is 0 Å². The molecule has 0 spiro atoms. The van der Waals surface area contributed by atoms with E-state index in [1.165, 1.54) is 4.90 Å². The second-order valence-electron chi connectivity index (χ2n) is 6.95. The van der Waals surface area contributed by atoms with Gasteiger partial charge in [-0.2, -0.15) is 0 Å². The molecule has 11 heteroatoms. The van der Waals surface area contributed by atoms with Crippen molar-refractivity contribution < 1.29 is 29.1 Å². The van der Waals surface area contributed by atoms with Gasteiger partial charge in [0.15, 0.2) is 0 Å². The Hall–Kier alpha value is -2.69. The predicted octanol–water partition coefficient (Wildman–Crippen LogP) is -2.09. The van der Waals surface area contributed by atoms with E-state index in [0.717, 1.165) is 0 Å². The van der Waals surface area contributed by atoms with Crippen LogP contribution >= 0.6 is 0 Å². The van der Waals surface area contributed by atoms with E-state index in [0.29, 0.717) is 25.8 Å². The number of nitrogens with one attached hydrogen (secondary N) is 2. The van der Waals surface area contributed by atoms with Gasteiger partial charge in [-0.1, -0.05) is 20.3 Å². The maximum atomic E-state index is 13.1. The fraction of sp³-hybridized carbons (Fsp3) is 0.706. The predicted molar refractivity (Wildman–Crippen MR) is 98.6 cm³/mol. The van der Waals surface area contributed by atoms with Crippen molar-refractivity contribution in [3.8, 4) is 0 Å². The molecule has 158 valence electrons. The molecule has 1 heterocycles. The number of primary amides is 1. The fourth-order valence-electron chi connectivity index (χ4n) is 3.02. The van der Waals surface area contributed by atoms with Gasteiger partial charge in [-0.05, 0) is 18.8 Å². The molecule has 1 aliphatic heterocycles. The van der Waals surface area contributed by atoms with Crippen LogP contribution in [0.3, 0.4) is 0 Å². The van der Waals surface area contributed by atoms with Gasteiger partial charge in [0, 0.05) is 6.54 Å². The third kappa shape index (κ3) is 6.48. The number of amides is 4. The van der Waals surface area contributed by atoms with Crippen molar-refractivity contribution in [2.75, 3.05) is 13.1 Å². The average molecular weight is 399 g/mol. The number of carbonyl (C=O) groups is 5. The van der Waals surface area contributed by atoms with E-state index >= 15 is 0 Å². The first-order chi connectivity index (χ1) is 13.1. The first-order valence-corrected chi connectivity index (χ1v) is 9.22. The lowest BCUT2D eigenvalue weighted by atomic mass is 9.96. The minimum absolute atomic E-state index is 0.249. The summed E-state index contributed by atoms with van der Waals surface area (Å²) in [6.07, 6.45) is 1.21. The van der Waals surface area contributed by atoms with Gasteiger partial charge >= 0.3 is 5.97 Å². The van der Waals surface area contributed by atoms with Crippen molar-refractivity contribution in [2.24, 2.45) is 17.4 Å². The van der Waals surface area contributed by atoms with Crippen LogP contribution in [0.4, 0.5) is 0 Å². The highest BCUT2D eigenvalue weighted by Gasteiger charge is 2.39. The van der Waals surface area contributed by atoms with E-state index < -0.39 is 54.3 Å². The number of hydrogen-bond acceptors (Lipinski definition) is 6. The molecule has 1 fully saturated rings. The van der Waals surface area contributed by atoms with Gasteiger partial charge in [-0.25, -0.2) is 0 Å². The molecule has 0 aromatic rings. The molecule has 0 aliphatic carbocycles. The Morgan fingerprint density at radius 2 is 1.89 bits per heavy atom. The zero-order chi connectivity index (χ0) is 21.4. The highest BCUT2D eigenvalue weighted by atomic mass is 16.4. The van der Waals surface area contributed by atoms with E-state index in [1.54, 1.807) is 6.92 Å². The molecule has 0 aromatic carbocycles. The highest BCUT2D eigenvalue weighted by molar-refractivity contribution is 5.95. The summed E-state index contributed by atoms with van der Waals surface area (Å²) in [7, 11) is 0. The summed E-state index contributed by atoms with van der Waals surface area (Å²) < 4.78 is 0. The standard InChI is InChI=1S/C17H29N5O6/c1-3-9(2)14(21-15(26)10(18)7-12(19)23)17(28)22-6-4-5-11(22)16(27)20-8-13(24)25/h9-11,14H,3-8,18H2,1-2H3,(H2,19,23)(H,20,27)(H,21,26)(H,24,25). The molecule has 1 saturated heterocycles. The number of carboxylic acids is 1. The minimum Gasteiger partial charge on any atom is -0.480 e. The normalized spacial score (nSPS) is 19.4. The fourth-order valence-corrected chi connectivity index (χ4v) is 3.02. The summed E-state index contributed by atoms with van der Waals surface area (Å²) in [5.74, 6) is -3.83. The van der Waals surface area contributed by atoms with E-state index in [2.05, 4.69) is 10.6 Å². The highest BCUT2D eigenvalue weighted by Crippen LogP contribution is 2.21. The van der Waals surface area contributed by atoms with Crippen LogP contribution < -0.4 is 22.1 Å². The zero-order valence-corrected chi connectivity index (χ0v) is 16.1. The van der Waals surface area contributed by atoms with Gasteiger partial charge in [-0.3, -0.25) is 24.0 Å². The van der Waals surface area contributed by atoms with Gasteiger partial charge in [0.25, 0.3) is 0 Å². The van der Waals surface area contributed by atoms with Crippen molar-refractivity contribution in [2.45, 2.75) is 57.7 Å². The molecule has 7 N–H and O–H groups in total. The first-order valence-electron chi connectivity index (χ1n) is 9.22. The van der Waals surface area contributed by atoms with E-state index in [9.17, 15) is 24.0 Å². The van der Waals surface area contributed by atoms with Gasteiger partial charge in [0.05, 0.1) is 12.5 Å². The molecule has 1 aliphatic rings. The quantitative estimate of drug-likeness (QED) is 0.279. The van der Waals surface area contributed by atoms with Crippen LogP contribution in [0.1, 0.15) is 39.5 Å². The van der Waals surface area contributed by atoms with Crippen LogP contribution in [0.2, 0.25) is 0 Å². The Kier molecular flexibility index (Phi) is 8.83. The van der Waals surface area contributed by atoms with E-state index in [1.807, 2.05) is 6.92 Å². The molecule has 4 unspecified atom stereocenters. The first kappa shape index (κ1) is 23.3. The molecule has 28 heavy (non-hydrogen) atoms. The van der Waals surface area contributed by atoms with Crippen LogP contribution in [-0.2, 0) is 24.0 Å². The smallest absolute Gasteiger partial charge is 0.322 e. The number of carbonyl (C=O) groups excluding carboxylic acids is 4. The second-order valence-corrected chi connectivity index (χ2v) is 6.95. The number of hydrogen-bond donors (Lipinski definition) is 5. The third-order valence-electron chi connectivity index (χ3n) is 4.79. The SMILES string of the molecule is CCC(C)C(NC(=O)C(N)CC(N)=O)C(=O)N1CCCC1C(=O)NCC(=O)O. The number of nitrogens with zero attached hydrogens (tertiary/aromatic N) is 1. The number of carboxylic acid groups (broad SMARTS) is 1. The van der Waals surface area contributed by atoms with E-state index in [-0.39, 0.29) is 12.3 Å². The molecule has 4 atom stereocenters. The zero-order valence-electron chi connectivity index (χ0n) is 16.1. The summed E-state index contributed by atoms with van der Waals surface area (Å²) in [6, 6.07) is -2.90. The molecule has 0 radical (unpaired) electrons. The summed E-state index contributed by atoms with van der Waals surface area (Å²) in [4.78, 5) is 60.5. The Morgan fingerprint density at radius 1 is 1.25 bits per heavy atom. The summed E-state index contributed by atoms with van der Waals surface area (Å²) >= 11 is 0. The Bertz CT molecular complexity index is 625. The van der Waals surface area contributed by atoms with Crippen LogP contribution in [0.15, 0.2) is 0 Å². The van der Waals surface area contributed by atoms with Crippen LogP contribution in [0.5, 0.6) is 0 Å². The van der Waals surface area contributed by atoms with Crippen molar-refractivity contribution >= 4 is 29.6 Å². The Balaban J connectivity index is 2.90. The lowest BCUT2D eigenvalue weighted by molar-refractivity contribution is -0.143. The molecule has 0 aromatic heterocycles. The van der Waals surface area contributed by atoms with Crippen molar-refractivity contribution in [1.82, 2.24) is 15.5 Å². The molecular weight excluding hydrogens is 370 g/mol. The average Bonchev–Trinajstić information content (AvgIpc) is 3.11. The lowest BCUT2D eigenvalue weighted by Gasteiger charge is -2.31. The molecule has 0 bridgehead atoms. The molecule has 11 nitrogen and oxygen atoms in total. The molecule has 1 rings (SSSR count). The van der Waals surface area contributed by atoms with Crippen LogP contribution in [0, 0.1) is 5.92 Å². The third-order valence-corrected chi connectivity index (χ3v) is 4.79. The number of aliphatic carboxylic acids is 1. The molecular formula is C17H29N5O6. The summed E-state index contributed by atoms with van der Waals surface area (Å²) in [5, 5.41) is 13.6. The Labute approximate surface area is 163 Å². The topological polar surface area (TPSA) is 185 Å². The van der Waals surface area contributed by atoms with Crippen molar-refractivity contribution in [3.63, 3.8) is 0 Å². The number of nitrogens with two attached hydrogens (primary N) is 2. The minimum atomic E-state index is -1.18. The summed E-state index contributed by atoms with van der Waals surface area (Å²) in [6.45, 7) is 3.41. The van der Waals surface area contributed by atoms with E-state index in [4.69, 9.17) is 16.6 Å². The van der Waals surface area contributed by atoms with Gasteiger partial charge < -0.3 is 32.1 Å². The second kappa shape index (κ2) is 10.6. The van der Waals surface area contributed by atoms with Gasteiger partial charge in [0.1, 0.15) is 18.6 Å². The van der Waals surface area contributed by atoms with Crippen LogP contribution in [-0.4, -0.2) is 70.8 Å². The van der Waals surface area contributed by atoms with Crippen LogP contribution in [0.25, 0.3) is 0 Å². The molecule has 0 saturated carbocycles. The van der Waals surface area contributed by atoms with Crippen molar-refractivity contribution in [1.29, 1.82) is 0 Å².